The third kappa shape index (κ3) is 5.41. The normalized spacial score (nSPS) is 11.6. The van der Waals surface area contributed by atoms with Crippen molar-refractivity contribution < 1.29 is 13.2 Å². The summed E-state index contributed by atoms with van der Waals surface area (Å²) in [6.45, 7) is 4.42. The van der Waals surface area contributed by atoms with Gasteiger partial charge in [-0.2, -0.15) is 4.31 Å². The van der Waals surface area contributed by atoms with E-state index in [2.05, 4.69) is 21.2 Å². The third-order valence-electron chi connectivity index (χ3n) is 2.98. The van der Waals surface area contributed by atoms with Crippen LogP contribution in [0.2, 0.25) is 0 Å². The van der Waals surface area contributed by atoms with Crippen LogP contribution in [0.15, 0.2) is 33.6 Å². The molecule has 0 saturated heterocycles. The molecule has 1 aromatic carbocycles. The molecule has 0 radical (unpaired) electrons. The first-order valence-electron chi connectivity index (χ1n) is 6.94. The molecule has 21 heavy (non-hydrogen) atoms. The van der Waals surface area contributed by atoms with Gasteiger partial charge in [0.2, 0.25) is 15.9 Å². The Balaban J connectivity index is 2.78. The minimum atomic E-state index is -3.64. The Hall–Kier alpha value is -0.920. The SMILES string of the molecule is CCCCNC(=O)CN(CC)S(=O)(=O)c1ccc(Br)cc1. The van der Waals surface area contributed by atoms with Crippen LogP contribution in [-0.4, -0.2) is 38.3 Å². The van der Waals surface area contributed by atoms with Gasteiger partial charge < -0.3 is 5.32 Å². The number of nitrogens with zero attached hydrogens (tertiary/aromatic N) is 1. The summed E-state index contributed by atoms with van der Waals surface area (Å²) < 4.78 is 26.9. The number of carbonyl (C=O) groups is 1. The number of unbranched alkanes of at least 4 members (excludes halogenated alkanes) is 1. The summed E-state index contributed by atoms with van der Waals surface area (Å²) in [6, 6.07) is 6.39. The van der Waals surface area contributed by atoms with E-state index < -0.39 is 10.0 Å². The van der Waals surface area contributed by atoms with Crippen LogP contribution in [0.3, 0.4) is 0 Å². The van der Waals surface area contributed by atoms with Crippen LogP contribution in [0.4, 0.5) is 0 Å². The van der Waals surface area contributed by atoms with Crippen LogP contribution < -0.4 is 5.32 Å². The van der Waals surface area contributed by atoms with Gasteiger partial charge in [0, 0.05) is 17.6 Å². The lowest BCUT2D eigenvalue weighted by atomic mass is 10.3. The standard InChI is InChI=1S/C14H21BrN2O3S/c1-3-5-10-16-14(18)11-17(4-2)21(19,20)13-8-6-12(15)7-9-13/h6-9H,3-5,10-11H2,1-2H3,(H,16,18). The number of nitrogens with one attached hydrogen (secondary N) is 1. The molecular formula is C14H21BrN2O3S. The van der Waals surface area contributed by atoms with Crippen molar-refractivity contribution in [3.63, 3.8) is 0 Å². The Labute approximate surface area is 134 Å². The second-order valence-electron chi connectivity index (χ2n) is 4.59. The van der Waals surface area contributed by atoms with Gasteiger partial charge in [0.25, 0.3) is 0 Å². The quantitative estimate of drug-likeness (QED) is 0.708. The number of halogens is 1. The number of rotatable bonds is 8. The highest BCUT2D eigenvalue weighted by Crippen LogP contribution is 2.18. The van der Waals surface area contributed by atoms with Gasteiger partial charge in [0.15, 0.2) is 0 Å². The Morgan fingerprint density at radius 1 is 1.24 bits per heavy atom. The highest BCUT2D eigenvalue weighted by atomic mass is 79.9. The molecule has 0 unspecified atom stereocenters. The van der Waals surface area contributed by atoms with E-state index >= 15 is 0 Å². The van der Waals surface area contributed by atoms with Crippen LogP contribution in [0, 0.1) is 0 Å². The molecule has 1 N–H and O–H groups in total. The number of carbonyl (C=O) groups excluding carboxylic acids is 1. The van der Waals surface area contributed by atoms with Gasteiger partial charge in [-0.3, -0.25) is 4.79 Å². The van der Waals surface area contributed by atoms with E-state index in [0.29, 0.717) is 6.54 Å². The molecule has 0 aliphatic heterocycles. The van der Waals surface area contributed by atoms with Crippen molar-refractivity contribution >= 4 is 31.9 Å². The van der Waals surface area contributed by atoms with E-state index in [0.717, 1.165) is 17.3 Å². The number of likely N-dealkylation sites (N-methyl/N-ethyl adjacent to an activating group) is 1. The van der Waals surface area contributed by atoms with Gasteiger partial charge in [0.1, 0.15) is 0 Å². The van der Waals surface area contributed by atoms with Gasteiger partial charge in [-0.1, -0.05) is 36.2 Å². The van der Waals surface area contributed by atoms with Gasteiger partial charge >= 0.3 is 0 Å². The zero-order valence-electron chi connectivity index (χ0n) is 12.3. The number of hydrogen-bond acceptors (Lipinski definition) is 3. The van der Waals surface area contributed by atoms with Gasteiger partial charge in [0.05, 0.1) is 11.4 Å². The highest BCUT2D eigenvalue weighted by molar-refractivity contribution is 9.10. The number of amides is 1. The lowest BCUT2D eigenvalue weighted by Crippen LogP contribution is -2.40. The molecule has 0 aliphatic rings. The fraction of sp³-hybridized carbons (Fsp3) is 0.500. The molecule has 1 rings (SSSR count). The molecule has 0 saturated carbocycles. The molecular weight excluding hydrogens is 356 g/mol. The van der Waals surface area contributed by atoms with E-state index in [1.165, 1.54) is 16.4 Å². The zero-order valence-corrected chi connectivity index (χ0v) is 14.7. The smallest absolute Gasteiger partial charge is 0.243 e. The van der Waals surface area contributed by atoms with E-state index in [1.807, 2.05) is 6.92 Å². The number of sulfonamides is 1. The molecule has 0 atom stereocenters. The Kier molecular flexibility index (Phi) is 7.34. The van der Waals surface area contributed by atoms with Crippen molar-refractivity contribution in [3.05, 3.63) is 28.7 Å². The van der Waals surface area contributed by atoms with Crippen molar-refractivity contribution in [1.82, 2.24) is 9.62 Å². The van der Waals surface area contributed by atoms with Gasteiger partial charge in [-0.15, -0.1) is 0 Å². The average molecular weight is 377 g/mol. The predicted molar refractivity (Wildman–Crippen MR) is 86.5 cm³/mol. The van der Waals surface area contributed by atoms with Crippen molar-refractivity contribution in [1.29, 1.82) is 0 Å². The molecule has 1 amide bonds. The maximum absolute atomic E-state index is 12.5. The van der Waals surface area contributed by atoms with Crippen molar-refractivity contribution in [3.8, 4) is 0 Å². The second kappa shape index (κ2) is 8.51. The van der Waals surface area contributed by atoms with E-state index in [4.69, 9.17) is 0 Å². The first-order chi connectivity index (χ1) is 9.91. The fourth-order valence-electron chi connectivity index (χ4n) is 1.74. The molecule has 7 heteroatoms. The first kappa shape index (κ1) is 18.1. The van der Waals surface area contributed by atoms with Crippen molar-refractivity contribution in [2.75, 3.05) is 19.6 Å². The summed E-state index contributed by atoms with van der Waals surface area (Å²) in [4.78, 5) is 12.0. The van der Waals surface area contributed by atoms with Gasteiger partial charge in [-0.25, -0.2) is 8.42 Å². The van der Waals surface area contributed by atoms with E-state index in [-0.39, 0.29) is 23.9 Å². The summed E-state index contributed by atoms with van der Waals surface area (Å²) in [6.07, 6.45) is 1.87. The second-order valence-corrected chi connectivity index (χ2v) is 7.44. The predicted octanol–water partition coefficient (Wildman–Crippen LogP) is 2.38. The maximum Gasteiger partial charge on any atom is 0.243 e. The summed E-state index contributed by atoms with van der Waals surface area (Å²) in [7, 11) is -3.64. The van der Waals surface area contributed by atoms with Crippen molar-refractivity contribution in [2.24, 2.45) is 0 Å². The lowest BCUT2D eigenvalue weighted by Gasteiger charge is -2.20. The minimum Gasteiger partial charge on any atom is -0.355 e. The molecule has 1 aromatic rings. The molecule has 0 bridgehead atoms. The summed E-state index contributed by atoms with van der Waals surface area (Å²) in [5, 5.41) is 2.73. The number of hydrogen-bond donors (Lipinski definition) is 1. The van der Waals surface area contributed by atoms with Crippen LogP contribution in [0.25, 0.3) is 0 Å². The Morgan fingerprint density at radius 2 is 1.86 bits per heavy atom. The Bertz CT molecular complexity index is 558. The van der Waals surface area contributed by atoms with Crippen LogP contribution in [0.5, 0.6) is 0 Å². The Morgan fingerprint density at radius 3 is 2.38 bits per heavy atom. The van der Waals surface area contributed by atoms with Crippen LogP contribution >= 0.6 is 15.9 Å². The fourth-order valence-corrected chi connectivity index (χ4v) is 3.41. The molecule has 0 heterocycles. The van der Waals surface area contributed by atoms with Crippen LogP contribution in [0.1, 0.15) is 26.7 Å². The summed E-state index contributed by atoms with van der Waals surface area (Å²) in [5.74, 6) is -0.272. The third-order valence-corrected chi connectivity index (χ3v) is 5.44. The molecule has 118 valence electrons. The summed E-state index contributed by atoms with van der Waals surface area (Å²) in [5.41, 5.74) is 0. The highest BCUT2D eigenvalue weighted by Gasteiger charge is 2.24. The van der Waals surface area contributed by atoms with Crippen molar-refractivity contribution in [2.45, 2.75) is 31.6 Å². The largest absolute Gasteiger partial charge is 0.355 e. The summed E-state index contributed by atoms with van der Waals surface area (Å²) >= 11 is 3.27. The zero-order chi connectivity index (χ0) is 15.9. The first-order valence-corrected chi connectivity index (χ1v) is 9.17. The molecule has 5 nitrogen and oxygen atoms in total. The number of benzene rings is 1. The minimum absolute atomic E-state index is 0.154. The van der Waals surface area contributed by atoms with Gasteiger partial charge in [-0.05, 0) is 30.7 Å². The topological polar surface area (TPSA) is 66.5 Å². The van der Waals surface area contributed by atoms with Crippen LogP contribution in [-0.2, 0) is 14.8 Å². The average Bonchev–Trinajstić information content (AvgIpc) is 2.45. The molecule has 0 aromatic heterocycles. The van der Waals surface area contributed by atoms with E-state index in [9.17, 15) is 13.2 Å². The maximum atomic E-state index is 12.5. The van der Waals surface area contributed by atoms with E-state index in [1.54, 1.807) is 19.1 Å². The molecule has 0 fully saturated rings. The molecule has 0 aliphatic carbocycles. The lowest BCUT2D eigenvalue weighted by molar-refractivity contribution is -0.121. The molecule has 0 spiro atoms. The monoisotopic (exact) mass is 376 g/mol.